The van der Waals surface area contributed by atoms with E-state index in [1.165, 1.54) is 0 Å². The second-order valence-corrected chi connectivity index (χ2v) is 5.97. The lowest BCUT2D eigenvalue weighted by molar-refractivity contribution is -0.0958. The molecule has 1 aromatic rings. The number of rotatable bonds is 5. The van der Waals surface area contributed by atoms with E-state index in [0.717, 1.165) is 24.9 Å². The molecule has 0 aliphatic carbocycles. The molecule has 0 unspecified atom stereocenters. The Kier molecular flexibility index (Phi) is 5.99. The molecule has 0 saturated carbocycles. The number of aliphatic hydroxyl groups excluding tert-OH is 1. The summed E-state index contributed by atoms with van der Waals surface area (Å²) in [5, 5.41) is 18.4. The highest BCUT2D eigenvalue weighted by Crippen LogP contribution is 2.22. The first-order chi connectivity index (χ1) is 9.16. The van der Waals surface area contributed by atoms with Crippen molar-refractivity contribution in [2.24, 2.45) is 0 Å². The number of hydroxylamine groups is 1. The monoisotopic (exact) mass is 378 g/mol. The highest BCUT2D eigenvalue weighted by atomic mass is 127. The van der Waals surface area contributed by atoms with Gasteiger partial charge in [-0.25, -0.2) is 3.11 Å². The molecule has 1 heterocycles. The molecule has 0 spiro atoms. The smallest absolute Gasteiger partial charge is 0.168 e. The molecule has 1 fully saturated rings. The molecular weight excluding hydrogens is 359 g/mol. The summed E-state index contributed by atoms with van der Waals surface area (Å²) in [6.07, 6.45) is 0.340. The normalized spacial score (nSPS) is 24.8. The van der Waals surface area contributed by atoms with E-state index in [0.29, 0.717) is 6.61 Å². The zero-order valence-electron chi connectivity index (χ0n) is 10.6. The van der Waals surface area contributed by atoms with Gasteiger partial charge in [-0.05, 0) is 18.4 Å². The van der Waals surface area contributed by atoms with E-state index in [4.69, 9.17) is 4.84 Å². The highest BCUT2D eigenvalue weighted by Gasteiger charge is 2.30. The standard InChI is InChI=1S/C13H19IN2O3/c14-16-8-11(6-7-12(16)13(17)18)15-19-9-10-4-2-1-3-5-10/h1-5,11-13,15,17-18H,6-9H2/t11-,12+/m1/s1. The molecule has 3 N–H and O–H groups in total. The van der Waals surface area contributed by atoms with Gasteiger partial charge in [0, 0.05) is 35.5 Å². The van der Waals surface area contributed by atoms with Gasteiger partial charge in [0.15, 0.2) is 6.29 Å². The molecule has 2 atom stereocenters. The van der Waals surface area contributed by atoms with Crippen LogP contribution in [0.4, 0.5) is 0 Å². The Hall–Kier alpha value is -0.250. The van der Waals surface area contributed by atoms with E-state index in [1.54, 1.807) is 0 Å². The minimum absolute atomic E-state index is 0.187. The van der Waals surface area contributed by atoms with E-state index >= 15 is 0 Å². The minimum atomic E-state index is -1.27. The van der Waals surface area contributed by atoms with Crippen LogP contribution < -0.4 is 5.48 Å². The maximum absolute atomic E-state index is 9.22. The van der Waals surface area contributed by atoms with Crippen molar-refractivity contribution in [2.75, 3.05) is 6.54 Å². The summed E-state index contributed by atoms with van der Waals surface area (Å²) in [6, 6.07) is 10.0. The van der Waals surface area contributed by atoms with Crippen LogP contribution in [0.25, 0.3) is 0 Å². The lowest BCUT2D eigenvalue weighted by atomic mass is 10.0. The average Bonchev–Trinajstić information content (AvgIpc) is 2.39. The van der Waals surface area contributed by atoms with Crippen molar-refractivity contribution < 1.29 is 15.1 Å². The Morgan fingerprint density at radius 2 is 2.05 bits per heavy atom. The summed E-state index contributed by atoms with van der Waals surface area (Å²) in [6.45, 7) is 1.27. The third-order valence-corrected chi connectivity index (χ3v) is 4.35. The van der Waals surface area contributed by atoms with Crippen molar-refractivity contribution in [3.05, 3.63) is 35.9 Å². The van der Waals surface area contributed by atoms with E-state index < -0.39 is 6.29 Å². The Morgan fingerprint density at radius 3 is 2.68 bits per heavy atom. The van der Waals surface area contributed by atoms with Gasteiger partial charge in [-0.2, -0.15) is 5.48 Å². The molecule has 1 aliphatic heterocycles. The lowest BCUT2D eigenvalue weighted by Gasteiger charge is -2.36. The summed E-state index contributed by atoms with van der Waals surface area (Å²) >= 11 is 2.13. The predicted octanol–water partition coefficient (Wildman–Crippen LogP) is 1.20. The summed E-state index contributed by atoms with van der Waals surface area (Å²) in [7, 11) is 0. The molecule has 1 saturated heterocycles. The van der Waals surface area contributed by atoms with Crippen molar-refractivity contribution in [1.82, 2.24) is 8.59 Å². The van der Waals surface area contributed by atoms with Crippen LogP contribution in [-0.4, -0.2) is 38.2 Å². The van der Waals surface area contributed by atoms with Crippen molar-refractivity contribution >= 4 is 22.9 Å². The van der Waals surface area contributed by atoms with Crippen LogP contribution >= 0.6 is 22.9 Å². The van der Waals surface area contributed by atoms with Crippen molar-refractivity contribution in [1.29, 1.82) is 0 Å². The molecular formula is C13H19IN2O3. The third-order valence-electron chi connectivity index (χ3n) is 3.24. The molecule has 1 aromatic carbocycles. The van der Waals surface area contributed by atoms with Gasteiger partial charge in [0.25, 0.3) is 0 Å². The molecule has 6 heteroatoms. The number of aliphatic hydroxyl groups is 2. The van der Waals surface area contributed by atoms with Gasteiger partial charge in [0.05, 0.1) is 12.6 Å². The van der Waals surface area contributed by atoms with Crippen LogP contribution in [0.5, 0.6) is 0 Å². The van der Waals surface area contributed by atoms with Crippen molar-refractivity contribution in [2.45, 2.75) is 37.8 Å². The molecule has 0 amide bonds. The van der Waals surface area contributed by atoms with Gasteiger partial charge in [0.1, 0.15) is 0 Å². The van der Waals surface area contributed by atoms with Crippen LogP contribution in [0.1, 0.15) is 18.4 Å². The molecule has 2 rings (SSSR count). The van der Waals surface area contributed by atoms with E-state index in [9.17, 15) is 10.2 Å². The third kappa shape index (κ3) is 4.66. The maximum Gasteiger partial charge on any atom is 0.168 e. The largest absolute Gasteiger partial charge is 0.367 e. The highest BCUT2D eigenvalue weighted by molar-refractivity contribution is 14.1. The Morgan fingerprint density at radius 1 is 1.32 bits per heavy atom. The number of nitrogens with zero attached hydrogens (tertiary/aromatic N) is 1. The molecule has 1 aliphatic rings. The fraction of sp³-hybridized carbons (Fsp3) is 0.538. The summed E-state index contributed by atoms with van der Waals surface area (Å²) < 4.78 is 1.93. The second-order valence-electron chi connectivity index (χ2n) is 4.73. The quantitative estimate of drug-likeness (QED) is 0.311. The van der Waals surface area contributed by atoms with Crippen LogP contribution in [0.15, 0.2) is 30.3 Å². The lowest BCUT2D eigenvalue weighted by Crippen LogP contribution is -2.50. The zero-order chi connectivity index (χ0) is 13.7. The minimum Gasteiger partial charge on any atom is -0.367 e. The topological polar surface area (TPSA) is 65.0 Å². The predicted molar refractivity (Wildman–Crippen MR) is 80.1 cm³/mol. The van der Waals surface area contributed by atoms with Gasteiger partial charge in [-0.1, -0.05) is 30.3 Å². The second kappa shape index (κ2) is 7.51. The Bertz CT molecular complexity index is 377. The fourth-order valence-electron chi connectivity index (χ4n) is 2.16. The Labute approximate surface area is 127 Å². The van der Waals surface area contributed by atoms with Crippen LogP contribution in [0, 0.1) is 0 Å². The van der Waals surface area contributed by atoms with Crippen molar-refractivity contribution in [3.63, 3.8) is 0 Å². The van der Waals surface area contributed by atoms with E-state index in [-0.39, 0.29) is 12.1 Å². The van der Waals surface area contributed by atoms with Crippen LogP contribution in [0.2, 0.25) is 0 Å². The Balaban J connectivity index is 1.70. The molecule has 0 aromatic heterocycles. The van der Waals surface area contributed by atoms with Gasteiger partial charge >= 0.3 is 0 Å². The van der Waals surface area contributed by atoms with E-state index in [2.05, 4.69) is 28.3 Å². The number of halogens is 1. The number of benzene rings is 1. The summed E-state index contributed by atoms with van der Waals surface area (Å²) in [4.78, 5) is 5.50. The van der Waals surface area contributed by atoms with Crippen molar-refractivity contribution in [3.8, 4) is 0 Å². The van der Waals surface area contributed by atoms with Crippen LogP contribution in [0.3, 0.4) is 0 Å². The molecule has 5 nitrogen and oxygen atoms in total. The number of nitrogens with one attached hydrogen (secondary N) is 1. The number of hydrogen-bond donors (Lipinski definition) is 3. The SMILES string of the molecule is OC(O)[C@@H]1CC[C@@H](NOCc2ccccc2)CN1I. The summed E-state index contributed by atoms with van der Waals surface area (Å²) in [5.74, 6) is 0. The number of hydrogen-bond acceptors (Lipinski definition) is 5. The van der Waals surface area contributed by atoms with Gasteiger partial charge in [0.2, 0.25) is 0 Å². The molecule has 19 heavy (non-hydrogen) atoms. The molecule has 0 radical (unpaired) electrons. The molecule has 106 valence electrons. The fourth-order valence-corrected chi connectivity index (χ4v) is 3.20. The molecule has 0 bridgehead atoms. The zero-order valence-corrected chi connectivity index (χ0v) is 12.7. The van der Waals surface area contributed by atoms with Gasteiger partial charge in [-0.3, -0.25) is 4.84 Å². The van der Waals surface area contributed by atoms with E-state index in [1.807, 2.05) is 33.4 Å². The maximum atomic E-state index is 9.22. The summed E-state index contributed by atoms with van der Waals surface area (Å²) in [5.41, 5.74) is 4.18. The average molecular weight is 378 g/mol. The number of piperidine rings is 1. The first kappa shape index (κ1) is 15.1. The van der Waals surface area contributed by atoms with Gasteiger partial charge in [-0.15, -0.1) is 0 Å². The van der Waals surface area contributed by atoms with Gasteiger partial charge < -0.3 is 10.2 Å². The van der Waals surface area contributed by atoms with Crippen LogP contribution in [-0.2, 0) is 11.4 Å². The first-order valence-electron chi connectivity index (χ1n) is 6.36. The first-order valence-corrected chi connectivity index (χ1v) is 7.33.